The fourth-order valence-electron chi connectivity index (χ4n) is 6.52. The third-order valence-corrected chi connectivity index (χ3v) is 8.25. The molecule has 14 heteroatoms. The number of nitrogens with one attached hydrogen (secondary N) is 3. The van der Waals surface area contributed by atoms with Gasteiger partial charge in [0.15, 0.2) is 5.78 Å². The van der Waals surface area contributed by atoms with E-state index in [-0.39, 0.29) is 11.3 Å². The van der Waals surface area contributed by atoms with Crippen LogP contribution < -0.4 is 21.7 Å². The highest BCUT2D eigenvalue weighted by Gasteiger charge is 2.70. The van der Waals surface area contributed by atoms with Crippen LogP contribution >= 0.6 is 0 Å². The monoisotopic (exact) mass is 616 g/mol. The number of alkyl carbamates (subject to hydrolysis) is 1. The Labute approximate surface area is 254 Å². The van der Waals surface area contributed by atoms with Crippen LogP contribution in [0.4, 0.5) is 15.3 Å². The van der Waals surface area contributed by atoms with Gasteiger partial charge in [0.2, 0.25) is 17.3 Å². The largest absolute Gasteiger partial charge is 0.507 e. The summed E-state index contributed by atoms with van der Waals surface area (Å²) in [5.74, 6) is -10.6. The third-order valence-electron chi connectivity index (χ3n) is 8.25. The van der Waals surface area contributed by atoms with Crippen LogP contribution in [-0.2, 0) is 19.1 Å². The number of fused-ring (bicyclic) bond motifs is 3. The highest BCUT2D eigenvalue weighted by molar-refractivity contribution is 6.26. The number of aromatic hydroxyl groups is 1. The molecule has 0 saturated heterocycles. The number of urea groups is 1. The summed E-state index contributed by atoms with van der Waals surface area (Å²) in [6, 6.07) is 2.25. The number of rotatable bonds is 3. The SMILES string of the molecule is C[C@H]1c2ccc(NC(=O)NC(C)(C)C)c(O)c2C(O)=C2C(=O)[C@]3(OC(=O)NC(C)(C)C)C(=O)C(C(N)=O)C(O)C[C@@H]3[C@@H](O)[C@@H]21. The minimum Gasteiger partial charge on any atom is -0.507 e. The summed E-state index contributed by atoms with van der Waals surface area (Å²) in [5.41, 5.74) is 0.527. The summed E-state index contributed by atoms with van der Waals surface area (Å²) in [4.78, 5) is 66.3. The van der Waals surface area contributed by atoms with E-state index in [4.69, 9.17) is 10.5 Å². The topological polar surface area (TPSA) is 238 Å². The number of phenolic OH excluding ortho intramolecular Hbond substituents is 1. The van der Waals surface area contributed by atoms with Gasteiger partial charge in [0.05, 0.1) is 23.5 Å². The number of phenols is 1. The van der Waals surface area contributed by atoms with Crippen LogP contribution in [0.3, 0.4) is 0 Å². The number of benzene rings is 1. The number of primary amides is 1. The van der Waals surface area contributed by atoms with Gasteiger partial charge in [-0.3, -0.25) is 14.4 Å². The van der Waals surface area contributed by atoms with Crippen molar-refractivity contribution in [2.24, 2.45) is 23.5 Å². The highest BCUT2D eigenvalue weighted by atomic mass is 16.6. The summed E-state index contributed by atoms with van der Waals surface area (Å²) >= 11 is 0. The average Bonchev–Trinajstić information content (AvgIpc) is 2.84. The maximum Gasteiger partial charge on any atom is 0.409 e. The zero-order valence-electron chi connectivity index (χ0n) is 25.6. The predicted molar refractivity (Wildman–Crippen MR) is 156 cm³/mol. The molecule has 44 heavy (non-hydrogen) atoms. The molecular formula is C30H40N4O10. The number of ether oxygens (including phenoxy) is 1. The Morgan fingerprint density at radius 3 is 2.14 bits per heavy atom. The molecule has 0 aliphatic heterocycles. The van der Waals surface area contributed by atoms with E-state index in [2.05, 4.69) is 16.0 Å². The van der Waals surface area contributed by atoms with Crippen molar-refractivity contribution in [3.63, 3.8) is 0 Å². The Morgan fingerprint density at radius 2 is 1.59 bits per heavy atom. The molecule has 2 saturated carbocycles. The van der Waals surface area contributed by atoms with Crippen LogP contribution in [0.5, 0.6) is 5.75 Å². The van der Waals surface area contributed by atoms with Gasteiger partial charge in [0, 0.05) is 28.5 Å². The van der Waals surface area contributed by atoms with Crippen molar-refractivity contribution in [3.05, 3.63) is 28.8 Å². The van der Waals surface area contributed by atoms with Crippen molar-refractivity contribution in [2.45, 2.75) is 89.7 Å². The Morgan fingerprint density at radius 1 is 1.00 bits per heavy atom. The molecule has 1 aromatic rings. The van der Waals surface area contributed by atoms with Crippen molar-refractivity contribution in [3.8, 4) is 5.75 Å². The molecule has 2 unspecified atom stereocenters. The molecule has 3 aliphatic carbocycles. The number of amides is 4. The van der Waals surface area contributed by atoms with Crippen LogP contribution in [-0.4, -0.2) is 78.9 Å². The number of carbonyl (C=O) groups is 5. The maximum atomic E-state index is 14.5. The lowest BCUT2D eigenvalue weighted by atomic mass is 9.53. The van der Waals surface area contributed by atoms with Gasteiger partial charge in [-0.1, -0.05) is 13.0 Å². The second kappa shape index (κ2) is 10.8. The first kappa shape index (κ1) is 32.7. The molecule has 1 aromatic carbocycles. The van der Waals surface area contributed by atoms with Crippen molar-refractivity contribution in [2.75, 3.05) is 5.32 Å². The standard InChI is InChI=1S/C30H40N4O10/c1-11-12-8-9-14(32-26(42)33-28(2,3)4)21(37)17(12)22(38)19-16(11)20(36)13-10-15(35)18(25(31)41)23(39)30(13,24(19)40)44-27(43)34-29(5,6)7/h8-9,11,13,15-16,18,20,35-38H,10H2,1-7H3,(H2,31,41)(H,34,43)(H2,32,33,42)/t11-,13+,15?,16+,18?,20+,30+/m0/s1. The van der Waals surface area contributed by atoms with Gasteiger partial charge in [-0.15, -0.1) is 0 Å². The molecule has 14 nitrogen and oxygen atoms in total. The summed E-state index contributed by atoms with van der Waals surface area (Å²) in [7, 11) is 0. The predicted octanol–water partition coefficient (Wildman–Crippen LogP) is 1.57. The van der Waals surface area contributed by atoms with E-state index in [1.54, 1.807) is 48.5 Å². The first-order valence-electron chi connectivity index (χ1n) is 14.3. The van der Waals surface area contributed by atoms with Crippen molar-refractivity contribution in [1.82, 2.24) is 10.6 Å². The van der Waals surface area contributed by atoms with Gasteiger partial charge in [0.1, 0.15) is 17.4 Å². The third kappa shape index (κ3) is 5.36. The average molecular weight is 617 g/mol. The van der Waals surface area contributed by atoms with Gasteiger partial charge in [0.25, 0.3) is 0 Å². The number of ketones is 2. The molecule has 0 spiro atoms. The lowest BCUT2D eigenvalue weighted by Crippen LogP contribution is -2.72. The number of nitrogens with two attached hydrogens (primary N) is 1. The van der Waals surface area contributed by atoms with Crippen LogP contribution in [0, 0.1) is 17.8 Å². The fraction of sp³-hybridized carbons (Fsp3) is 0.567. The van der Waals surface area contributed by atoms with Crippen molar-refractivity contribution in [1.29, 1.82) is 0 Å². The van der Waals surface area contributed by atoms with E-state index in [9.17, 15) is 44.4 Å². The van der Waals surface area contributed by atoms with E-state index >= 15 is 0 Å². The van der Waals surface area contributed by atoms with E-state index in [1.165, 1.54) is 12.1 Å². The van der Waals surface area contributed by atoms with Gasteiger partial charge >= 0.3 is 12.1 Å². The summed E-state index contributed by atoms with van der Waals surface area (Å²) in [6.45, 7) is 11.7. The van der Waals surface area contributed by atoms with Crippen molar-refractivity contribution >= 4 is 41.0 Å². The van der Waals surface area contributed by atoms with Gasteiger partial charge in [-0.2, -0.15) is 0 Å². The fourth-order valence-corrected chi connectivity index (χ4v) is 6.52. The number of hydrogen-bond acceptors (Lipinski definition) is 10. The van der Waals surface area contributed by atoms with E-state index < -0.39 is 106 Å². The highest BCUT2D eigenvalue weighted by Crippen LogP contribution is 2.56. The first-order chi connectivity index (χ1) is 20.1. The van der Waals surface area contributed by atoms with Crippen LogP contribution in [0.1, 0.15) is 71.9 Å². The maximum absolute atomic E-state index is 14.5. The normalized spacial score (nSPS) is 30.0. The lowest BCUT2D eigenvalue weighted by Gasteiger charge is -2.53. The van der Waals surface area contributed by atoms with E-state index in [1.807, 2.05) is 0 Å². The summed E-state index contributed by atoms with van der Waals surface area (Å²) < 4.78 is 5.56. The molecule has 4 amide bonds. The van der Waals surface area contributed by atoms with Gasteiger partial charge in [-0.05, 0) is 65.5 Å². The number of anilines is 1. The number of carbonyl (C=O) groups excluding carboxylic acids is 5. The zero-order chi connectivity index (χ0) is 33.3. The van der Waals surface area contributed by atoms with Gasteiger partial charge in [-0.25, -0.2) is 9.59 Å². The second-order valence-corrected chi connectivity index (χ2v) is 13.8. The smallest absolute Gasteiger partial charge is 0.409 e. The van der Waals surface area contributed by atoms with E-state index in [0.29, 0.717) is 5.56 Å². The molecule has 4 rings (SSSR count). The Balaban J connectivity index is 1.91. The number of hydrogen-bond donors (Lipinski definition) is 8. The molecular weight excluding hydrogens is 576 g/mol. The molecule has 0 bridgehead atoms. The molecule has 240 valence electrons. The minimum atomic E-state index is -2.84. The Hall–Kier alpha value is -4.17. The molecule has 9 N–H and O–H groups in total. The second-order valence-electron chi connectivity index (χ2n) is 13.8. The van der Waals surface area contributed by atoms with E-state index in [0.717, 1.165) is 0 Å². The molecule has 0 radical (unpaired) electrons. The molecule has 2 fully saturated rings. The number of aliphatic hydroxyl groups is 3. The summed E-state index contributed by atoms with van der Waals surface area (Å²) in [5, 5.41) is 52.9. The Bertz CT molecular complexity index is 1470. The molecule has 3 aliphatic rings. The first-order valence-corrected chi connectivity index (χ1v) is 14.3. The molecule has 0 heterocycles. The molecule has 7 atom stereocenters. The van der Waals surface area contributed by atoms with Gasteiger partial charge < -0.3 is 46.8 Å². The number of Topliss-reactive ketones (excluding diaryl/α,β-unsaturated/α-hetero) is 2. The summed E-state index contributed by atoms with van der Waals surface area (Å²) in [6.07, 6.45) is -5.06. The van der Waals surface area contributed by atoms with Crippen LogP contribution in [0.15, 0.2) is 17.7 Å². The molecule has 0 aromatic heterocycles. The number of aliphatic hydroxyl groups excluding tert-OH is 3. The lowest BCUT2D eigenvalue weighted by molar-refractivity contribution is -0.186. The van der Waals surface area contributed by atoms with Crippen LogP contribution in [0.2, 0.25) is 0 Å². The quantitative estimate of drug-likeness (QED) is 0.180. The Kier molecular flexibility index (Phi) is 8.01. The van der Waals surface area contributed by atoms with Crippen LogP contribution in [0.25, 0.3) is 5.76 Å². The minimum absolute atomic E-state index is 0.105. The van der Waals surface area contributed by atoms with Crippen molar-refractivity contribution < 1.29 is 49.1 Å². The zero-order valence-corrected chi connectivity index (χ0v) is 25.6.